The Kier molecular flexibility index (Phi) is 9.54. The summed E-state index contributed by atoms with van der Waals surface area (Å²) < 4.78 is 2.48. The van der Waals surface area contributed by atoms with Crippen molar-refractivity contribution in [3.8, 4) is 50.2 Å². The highest BCUT2D eigenvalue weighted by atomic mass is 15.1. The zero-order valence-corrected chi connectivity index (χ0v) is 37.3. The van der Waals surface area contributed by atoms with Gasteiger partial charge in [-0.2, -0.15) is 0 Å². The summed E-state index contributed by atoms with van der Waals surface area (Å²) >= 11 is 0. The molecule has 68 heavy (non-hydrogen) atoms. The van der Waals surface area contributed by atoms with Crippen molar-refractivity contribution in [2.24, 2.45) is 0 Å². The average Bonchev–Trinajstić information content (AvgIpc) is 3.76. The van der Waals surface area contributed by atoms with Crippen molar-refractivity contribution in [1.82, 2.24) is 4.57 Å². The Hall–Kier alpha value is -8.98. The molecule has 0 bridgehead atoms. The van der Waals surface area contributed by atoms with Crippen LogP contribution in [0.5, 0.6) is 0 Å². The zero-order valence-electron chi connectivity index (χ0n) is 37.3. The van der Waals surface area contributed by atoms with Gasteiger partial charge in [0.15, 0.2) is 0 Å². The number of rotatable bonds is 8. The minimum absolute atomic E-state index is 1.07. The molecule has 13 rings (SSSR count). The summed E-state index contributed by atoms with van der Waals surface area (Å²) in [5, 5.41) is 9.89. The van der Waals surface area contributed by atoms with Crippen LogP contribution in [0.15, 0.2) is 267 Å². The number of hydrogen-bond acceptors (Lipinski definition) is 1. The van der Waals surface area contributed by atoms with Gasteiger partial charge in [0.05, 0.1) is 28.1 Å². The van der Waals surface area contributed by atoms with E-state index >= 15 is 0 Å². The van der Waals surface area contributed by atoms with Crippen molar-refractivity contribution >= 4 is 71.2 Å². The third-order valence-corrected chi connectivity index (χ3v) is 13.8. The lowest BCUT2D eigenvalue weighted by molar-refractivity contribution is 1.18. The van der Waals surface area contributed by atoms with Crippen molar-refractivity contribution < 1.29 is 0 Å². The monoisotopic (exact) mass is 864 g/mol. The average molecular weight is 865 g/mol. The van der Waals surface area contributed by atoms with Crippen LogP contribution < -0.4 is 4.90 Å². The first-order valence-electron chi connectivity index (χ1n) is 23.4. The highest BCUT2D eigenvalue weighted by molar-refractivity contribution is 6.21. The Morgan fingerprint density at radius 2 is 0.868 bits per heavy atom. The molecule has 0 aliphatic heterocycles. The fraction of sp³-hybridized carbons (Fsp3) is 0. The van der Waals surface area contributed by atoms with E-state index in [0.29, 0.717) is 0 Å². The lowest BCUT2D eigenvalue weighted by Gasteiger charge is -2.30. The van der Waals surface area contributed by atoms with Gasteiger partial charge in [0.1, 0.15) is 0 Å². The summed E-state index contributed by atoms with van der Waals surface area (Å²) in [5.74, 6) is 0. The third kappa shape index (κ3) is 6.57. The van der Waals surface area contributed by atoms with Gasteiger partial charge in [-0.15, -0.1) is 0 Å². The summed E-state index contributed by atoms with van der Waals surface area (Å²) in [6.07, 6.45) is 0. The minimum Gasteiger partial charge on any atom is -0.309 e. The van der Waals surface area contributed by atoms with Crippen LogP contribution in [0.1, 0.15) is 0 Å². The van der Waals surface area contributed by atoms with Gasteiger partial charge in [0.2, 0.25) is 0 Å². The largest absolute Gasteiger partial charge is 0.309 e. The van der Waals surface area contributed by atoms with Crippen molar-refractivity contribution in [1.29, 1.82) is 0 Å². The third-order valence-electron chi connectivity index (χ3n) is 13.8. The summed E-state index contributed by atoms with van der Waals surface area (Å²) in [7, 11) is 0. The fourth-order valence-corrected chi connectivity index (χ4v) is 10.7. The Labute approximate surface area is 395 Å². The van der Waals surface area contributed by atoms with E-state index in [2.05, 4.69) is 276 Å². The molecule has 0 fully saturated rings. The molecule has 1 heterocycles. The van der Waals surface area contributed by atoms with Crippen LogP contribution in [0.3, 0.4) is 0 Å². The molecule has 0 saturated carbocycles. The van der Waals surface area contributed by atoms with Crippen LogP contribution in [-0.2, 0) is 0 Å². The topological polar surface area (TPSA) is 8.17 Å². The van der Waals surface area contributed by atoms with Crippen LogP contribution in [0.2, 0.25) is 0 Å². The van der Waals surface area contributed by atoms with Crippen LogP contribution >= 0.6 is 0 Å². The molecule has 318 valence electrons. The molecule has 2 heteroatoms. The van der Waals surface area contributed by atoms with Crippen LogP contribution in [-0.4, -0.2) is 4.57 Å². The van der Waals surface area contributed by atoms with Gasteiger partial charge in [0, 0.05) is 33.0 Å². The highest BCUT2D eigenvalue weighted by Gasteiger charge is 2.23. The molecule has 0 N–H and O–H groups in total. The quantitative estimate of drug-likeness (QED) is 0.148. The Morgan fingerprint density at radius 3 is 1.66 bits per heavy atom. The van der Waals surface area contributed by atoms with Gasteiger partial charge in [-0.3, -0.25) is 0 Å². The molecule has 0 aliphatic carbocycles. The van der Waals surface area contributed by atoms with Crippen molar-refractivity contribution in [2.75, 3.05) is 4.90 Å². The zero-order chi connectivity index (χ0) is 45.0. The molecule has 0 radical (unpaired) electrons. The fourth-order valence-electron chi connectivity index (χ4n) is 10.7. The minimum atomic E-state index is 1.07. The molecule has 0 spiro atoms. The summed E-state index contributed by atoms with van der Waals surface area (Å²) in [5.41, 5.74) is 16.2. The van der Waals surface area contributed by atoms with Crippen molar-refractivity contribution in [3.05, 3.63) is 267 Å². The van der Waals surface area contributed by atoms with E-state index in [1.54, 1.807) is 0 Å². The molecular weight excluding hydrogens is 821 g/mol. The first-order valence-corrected chi connectivity index (χ1v) is 23.4. The molecule has 0 saturated heterocycles. The first kappa shape index (κ1) is 39.4. The predicted molar refractivity (Wildman–Crippen MR) is 290 cm³/mol. The maximum Gasteiger partial charge on any atom is 0.0547 e. The molecule has 0 aliphatic rings. The number of fused-ring (bicyclic) bond motifs is 7. The molecule has 0 atom stereocenters. The lowest BCUT2D eigenvalue weighted by atomic mass is 9.92. The second-order valence-corrected chi connectivity index (χ2v) is 17.6. The molecule has 1 aromatic heterocycles. The van der Waals surface area contributed by atoms with E-state index in [4.69, 9.17) is 0 Å². The summed E-state index contributed by atoms with van der Waals surface area (Å²) in [4.78, 5) is 2.46. The van der Waals surface area contributed by atoms with E-state index < -0.39 is 0 Å². The van der Waals surface area contributed by atoms with Crippen molar-refractivity contribution in [2.45, 2.75) is 0 Å². The molecule has 0 unspecified atom stereocenters. The van der Waals surface area contributed by atoms with Gasteiger partial charge >= 0.3 is 0 Å². The Morgan fingerprint density at radius 1 is 0.279 bits per heavy atom. The summed E-state index contributed by atoms with van der Waals surface area (Å²) in [6.45, 7) is 0. The number of anilines is 3. The van der Waals surface area contributed by atoms with E-state index in [1.807, 2.05) is 0 Å². The predicted octanol–water partition coefficient (Wildman–Crippen LogP) is 18.4. The first-order chi connectivity index (χ1) is 33.8. The Balaban J connectivity index is 1.03. The molecule has 0 amide bonds. The van der Waals surface area contributed by atoms with E-state index in [-0.39, 0.29) is 0 Å². The molecule has 13 aromatic rings. The number of hydrogen-bond donors (Lipinski definition) is 0. The van der Waals surface area contributed by atoms with Crippen molar-refractivity contribution in [3.63, 3.8) is 0 Å². The molecule has 2 nitrogen and oxygen atoms in total. The normalized spacial score (nSPS) is 11.5. The highest BCUT2D eigenvalue weighted by Crippen LogP contribution is 2.47. The van der Waals surface area contributed by atoms with E-state index in [9.17, 15) is 0 Å². The lowest BCUT2D eigenvalue weighted by Crippen LogP contribution is -2.12. The van der Waals surface area contributed by atoms with Gasteiger partial charge in [0.25, 0.3) is 0 Å². The van der Waals surface area contributed by atoms with E-state index in [1.165, 1.54) is 87.5 Å². The second-order valence-electron chi connectivity index (χ2n) is 17.6. The van der Waals surface area contributed by atoms with Crippen LogP contribution in [0, 0.1) is 0 Å². The van der Waals surface area contributed by atoms with E-state index in [0.717, 1.165) is 33.9 Å². The second kappa shape index (κ2) is 16.5. The summed E-state index contributed by atoms with van der Waals surface area (Å²) in [6, 6.07) is 97.6. The Bertz CT molecular complexity index is 4020. The standard InChI is InChI=1S/C66H44N2/c1-3-19-46(20-4-1)54-25-13-15-31-60(54)67(62-43-41-53(57-27-11-12-28-58(57)62)51-35-34-45-18-7-8-24-50(45)44-51)52-39-36-49(37-40-52)65-55(47-21-5-2-6-22-47)30-17-33-63(65)68-61-32-16-14-29-59(61)66-56-26-10-9-23-48(56)38-42-64(66)68/h1-44H. The van der Waals surface area contributed by atoms with Gasteiger partial charge in [-0.1, -0.05) is 218 Å². The maximum atomic E-state index is 2.48. The number of nitrogens with zero attached hydrogens (tertiary/aromatic N) is 2. The number of aromatic nitrogens is 1. The van der Waals surface area contributed by atoms with Gasteiger partial charge in [-0.05, 0) is 109 Å². The number of para-hydroxylation sites is 2. The van der Waals surface area contributed by atoms with Crippen LogP contribution in [0.25, 0.3) is 104 Å². The molecular formula is C66H44N2. The molecule has 12 aromatic carbocycles. The van der Waals surface area contributed by atoms with Gasteiger partial charge in [-0.25, -0.2) is 0 Å². The van der Waals surface area contributed by atoms with Crippen LogP contribution in [0.4, 0.5) is 17.1 Å². The number of benzene rings is 12. The smallest absolute Gasteiger partial charge is 0.0547 e. The SMILES string of the molecule is c1ccc(-c2ccccc2N(c2ccc(-c3c(-c4ccccc4)cccc3-n3c4ccccc4c4c5ccccc5ccc43)cc2)c2ccc(-c3ccc4ccccc4c3)c3ccccc23)cc1. The maximum absolute atomic E-state index is 2.48. The van der Waals surface area contributed by atoms with Gasteiger partial charge < -0.3 is 9.47 Å².